The van der Waals surface area contributed by atoms with Crippen molar-refractivity contribution in [3.05, 3.63) is 53.2 Å². The Labute approximate surface area is 136 Å². The second kappa shape index (κ2) is 7.38. The lowest BCUT2D eigenvalue weighted by Crippen LogP contribution is -2.07. The Hall–Kier alpha value is -1.92. The number of nitrogens with zero attached hydrogens (tertiary/aromatic N) is 2. The van der Waals surface area contributed by atoms with Gasteiger partial charge in [0.05, 0.1) is 11.8 Å². The lowest BCUT2D eigenvalue weighted by Gasteiger charge is -2.08. The molecule has 6 heteroatoms. The van der Waals surface area contributed by atoms with Gasteiger partial charge in [0.2, 0.25) is 0 Å². The fourth-order valence-electron chi connectivity index (χ4n) is 2.12. The molecule has 5 nitrogen and oxygen atoms in total. The summed E-state index contributed by atoms with van der Waals surface area (Å²) < 4.78 is 11.8. The van der Waals surface area contributed by atoms with Crippen molar-refractivity contribution in [1.82, 2.24) is 9.97 Å². The van der Waals surface area contributed by atoms with Gasteiger partial charge in [-0.15, -0.1) is 0 Å². The summed E-state index contributed by atoms with van der Waals surface area (Å²) >= 11 is 3.48. The summed E-state index contributed by atoms with van der Waals surface area (Å²) in [7, 11) is 0. The maximum absolute atomic E-state index is 5.55. The standard InChI is InChI=1S/C16H16BrN3O2/c17-12-4-5-15-14(9-12)16(20-11-19-15)18-6-2-7-21-10-13-3-1-8-22-13/h1,3-5,8-9,11H,2,6-7,10H2,(H,18,19,20). The minimum atomic E-state index is 0.510. The molecule has 1 N–H and O–H groups in total. The fraction of sp³-hybridized carbons (Fsp3) is 0.250. The number of halogens is 1. The molecule has 3 rings (SSSR count). The molecule has 22 heavy (non-hydrogen) atoms. The van der Waals surface area contributed by atoms with Crippen LogP contribution in [-0.2, 0) is 11.3 Å². The Balaban J connectivity index is 1.48. The zero-order valence-corrected chi connectivity index (χ0v) is 13.5. The van der Waals surface area contributed by atoms with Gasteiger partial charge in [0.15, 0.2) is 0 Å². The zero-order chi connectivity index (χ0) is 15.2. The van der Waals surface area contributed by atoms with E-state index in [1.807, 2.05) is 30.3 Å². The second-order valence-electron chi connectivity index (χ2n) is 4.80. The van der Waals surface area contributed by atoms with Crippen LogP contribution in [0.2, 0.25) is 0 Å². The van der Waals surface area contributed by atoms with Crippen LogP contribution in [0.1, 0.15) is 12.2 Å². The molecule has 0 spiro atoms. The highest BCUT2D eigenvalue weighted by molar-refractivity contribution is 9.10. The average Bonchev–Trinajstić information content (AvgIpc) is 3.04. The third-order valence-electron chi connectivity index (χ3n) is 3.18. The zero-order valence-electron chi connectivity index (χ0n) is 12.0. The number of benzene rings is 1. The Morgan fingerprint density at radius 3 is 3.05 bits per heavy atom. The highest BCUT2D eigenvalue weighted by atomic mass is 79.9. The Kier molecular flexibility index (Phi) is 5.03. The highest BCUT2D eigenvalue weighted by Crippen LogP contribution is 2.23. The van der Waals surface area contributed by atoms with Gasteiger partial charge in [-0.25, -0.2) is 9.97 Å². The molecule has 0 saturated heterocycles. The molecule has 1 aromatic carbocycles. The fourth-order valence-corrected chi connectivity index (χ4v) is 2.48. The first-order chi connectivity index (χ1) is 10.8. The summed E-state index contributed by atoms with van der Waals surface area (Å²) in [5, 5.41) is 4.34. The normalized spacial score (nSPS) is 11.0. The first-order valence-electron chi connectivity index (χ1n) is 7.07. The van der Waals surface area contributed by atoms with E-state index in [0.29, 0.717) is 13.2 Å². The number of hydrogen-bond donors (Lipinski definition) is 1. The minimum Gasteiger partial charge on any atom is -0.467 e. The lowest BCUT2D eigenvalue weighted by atomic mass is 10.2. The van der Waals surface area contributed by atoms with Crippen LogP contribution in [-0.4, -0.2) is 23.1 Å². The number of nitrogens with one attached hydrogen (secondary N) is 1. The van der Waals surface area contributed by atoms with Crippen molar-refractivity contribution in [2.24, 2.45) is 0 Å². The summed E-state index contributed by atoms with van der Waals surface area (Å²) in [5.74, 6) is 1.69. The van der Waals surface area contributed by atoms with E-state index in [1.165, 1.54) is 0 Å². The largest absolute Gasteiger partial charge is 0.467 e. The number of furan rings is 1. The van der Waals surface area contributed by atoms with Crippen LogP contribution in [0.15, 0.2) is 51.8 Å². The number of aromatic nitrogens is 2. The summed E-state index contributed by atoms with van der Waals surface area (Å²) in [6.07, 6.45) is 4.12. The lowest BCUT2D eigenvalue weighted by molar-refractivity contribution is 0.106. The van der Waals surface area contributed by atoms with Crippen molar-refractivity contribution in [2.45, 2.75) is 13.0 Å². The maximum atomic E-state index is 5.55. The molecular formula is C16H16BrN3O2. The summed E-state index contributed by atoms with van der Waals surface area (Å²) in [5.41, 5.74) is 0.926. The van der Waals surface area contributed by atoms with E-state index in [2.05, 4.69) is 31.2 Å². The van der Waals surface area contributed by atoms with E-state index in [1.54, 1.807) is 12.6 Å². The van der Waals surface area contributed by atoms with Gasteiger partial charge in [-0.2, -0.15) is 0 Å². The van der Waals surface area contributed by atoms with Gasteiger partial charge < -0.3 is 14.5 Å². The van der Waals surface area contributed by atoms with Crippen molar-refractivity contribution in [3.8, 4) is 0 Å². The molecule has 0 atom stereocenters. The summed E-state index contributed by atoms with van der Waals surface area (Å²) in [4.78, 5) is 8.57. The monoisotopic (exact) mass is 361 g/mol. The predicted molar refractivity (Wildman–Crippen MR) is 88.7 cm³/mol. The van der Waals surface area contributed by atoms with Gasteiger partial charge in [-0.3, -0.25) is 0 Å². The molecule has 0 aliphatic carbocycles. The van der Waals surface area contributed by atoms with Crippen molar-refractivity contribution in [1.29, 1.82) is 0 Å². The van der Waals surface area contributed by atoms with Gasteiger partial charge in [0.25, 0.3) is 0 Å². The van der Waals surface area contributed by atoms with Crippen LogP contribution >= 0.6 is 15.9 Å². The number of fused-ring (bicyclic) bond motifs is 1. The molecule has 0 aliphatic heterocycles. The molecule has 114 valence electrons. The Morgan fingerprint density at radius 1 is 1.23 bits per heavy atom. The van der Waals surface area contributed by atoms with Crippen molar-refractivity contribution in [2.75, 3.05) is 18.5 Å². The van der Waals surface area contributed by atoms with Crippen molar-refractivity contribution >= 4 is 32.7 Å². The molecule has 0 fully saturated rings. The van der Waals surface area contributed by atoms with Crippen LogP contribution in [0, 0.1) is 0 Å². The molecule has 2 heterocycles. The molecule has 3 aromatic rings. The van der Waals surface area contributed by atoms with Gasteiger partial charge >= 0.3 is 0 Å². The van der Waals surface area contributed by atoms with Crippen molar-refractivity contribution < 1.29 is 9.15 Å². The SMILES string of the molecule is Brc1ccc2ncnc(NCCCOCc3ccco3)c2c1. The quantitative estimate of drug-likeness (QED) is 0.644. The molecule has 0 aliphatic rings. The predicted octanol–water partition coefficient (Wildman–Crippen LogP) is 4.00. The van der Waals surface area contributed by atoms with Crippen LogP contribution in [0.25, 0.3) is 10.9 Å². The van der Waals surface area contributed by atoms with E-state index < -0.39 is 0 Å². The van der Waals surface area contributed by atoms with Gasteiger partial charge in [-0.1, -0.05) is 15.9 Å². The van der Waals surface area contributed by atoms with E-state index in [0.717, 1.165) is 39.9 Å². The van der Waals surface area contributed by atoms with Crippen molar-refractivity contribution in [3.63, 3.8) is 0 Å². The van der Waals surface area contributed by atoms with E-state index >= 15 is 0 Å². The van der Waals surface area contributed by atoms with E-state index in [9.17, 15) is 0 Å². The topological polar surface area (TPSA) is 60.2 Å². The molecule has 0 saturated carbocycles. The summed E-state index contributed by atoms with van der Waals surface area (Å²) in [6, 6.07) is 9.73. The van der Waals surface area contributed by atoms with Crippen LogP contribution in [0.4, 0.5) is 5.82 Å². The maximum Gasteiger partial charge on any atom is 0.137 e. The number of hydrogen-bond acceptors (Lipinski definition) is 5. The number of anilines is 1. The third kappa shape index (κ3) is 3.84. The van der Waals surface area contributed by atoms with Crippen LogP contribution < -0.4 is 5.32 Å². The summed E-state index contributed by atoms with van der Waals surface area (Å²) in [6.45, 7) is 1.97. The minimum absolute atomic E-state index is 0.510. The molecular weight excluding hydrogens is 346 g/mol. The smallest absolute Gasteiger partial charge is 0.137 e. The molecule has 0 unspecified atom stereocenters. The van der Waals surface area contributed by atoms with E-state index in [4.69, 9.17) is 9.15 Å². The number of ether oxygens (including phenoxy) is 1. The Bertz CT molecular complexity index is 731. The first-order valence-corrected chi connectivity index (χ1v) is 7.86. The Morgan fingerprint density at radius 2 is 2.18 bits per heavy atom. The number of rotatable bonds is 7. The van der Waals surface area contributed by atoms with Gasteiger partial charge in [0, 0.05) is 23.0 Å². The molecule has 2 aromatic heterocycles. The highest BCUT2D eigenvalue weighted by Gasteiger charge is 2.03. The van der Waals surface area contributed by atoms with Crippen LogP contribution in [0.3, 0.4) is 0 Å². The van der Waals surface area contributed by atoms with E-state index in [-0.39, 0.29) is 0 Å². The average molecular weight is 362 g/mol. The molecule has 0 amide bonds. The third-order valence-corrected chi connectivity index (χ3v) is 3.67. The first kappa shape index (κ1) is 15.0. The second-order valence-corrected chi connectivity index (χ2v) is 5.71. The van der Waals surface area contributed by atoms with Gasteiger partial charge in [-0.05, 0) is 36.8 Å². The van der Waals surface area contributed by atoms with Gasteiger partial charge in [0.1, 0.15) is 24.5 Å². The molecule has 0 radical (unpaired) electrons. The van der Waals surface area contributed by atoms with Crippen LogP contribution in [0.5, 0.6) is 0 Å². The molecule has 0 bridgehead atoms.